The summed E-state index contributed by atoms with van der Waals surface area (Å²) >= 11 is 0. The summed E-state index contributed by atoms with van der Waals surface area (Å²) < 4.78 is 0. The molecule has 102 valence electrons. The van der Waals surface area contributed by atoms with Gasteiger partial charge < -0.3 is 5.11 Å². The molecule has 1 nitrogen and oxygen atoms in total. The van der Waals surface area contributed by atoms with Gasteiger partial charge in [0.1, 0.15) is 5.75 Å². The number of phenols is 1. The molecule has 0 bridgehead atoms. The van der Waals surface area contributed by atoms with E-state index in [0.29, 0.717) is 11.7 Å². The molecule has 0 spiro atoms. The topological polar surface area (TPSA) is 20.2 Å². The van der Waals surface area contributed by atoms with Gasteiger partial charge in [0, 0.05) is 0 Å². The lowest BCUT2D eigenvalue weighted by molar-refractivity contribution is 0.252. The molecular weight excluding hydrogens is 220 g/mol. The van der Waals surface area contributed by atoms with E-state index in [4.69, 9.17) is 0 Å². The largest absolute Gasteiger partial charge is 0.508 e. The lowest BCUT2D eigenvalue weighted by atomic mass is 9.62. The maximum absolute atomic E-state index is 9.70. The Morgan fingerprint density at radius 3 is 2.50 bits per heavy atom. The average Bonchev–Trinajstić information content (AvgIpc) is 2.40. The molecule has 1 heteroatoms. The fourth-order valence-electron chi connectivity index (χ4n) is 3.35. The molecule has 1 aromatic carbocycles. The van der Waals surface area contributed by atoms with Gasteiger partial charge >= 0.3 is 0 Å². The molecule has 0 fully saturated rings. The zero-order valence-corrected chi connectivity index (χ0v) is 12.6. The van der Waals surface area contributed by atoms with Crippen molar-refractivity contribution >= 4 is 0 Å². The first-order valence-electron chi connectivity index (χ1n) is 7.42. The Balaban J connectivity index is 0.000000771. The molecule has 0 saturated carbocycles. The predicted octanol–water partition coefficient (Wildman–Crippen LogP) is 5.06. The van der Waals surface area contributed by atoms with Crippen LogP contribution in [0.1, 0.15) is 65.0 Å². The lowest BCUT2D eigenvalue weighted by Gasteiger charge is -2.42. The maximum Gasteiger partial charge on any atom is 0.115 e. The van der Waals surface area contributed by atoms with Crippen LogP contribution in [0.5, 0.6) is 5.75 Å². The normalized spacial score (nSPS) is 22.1. The van der Waals surface area contributed by atoms with Gasteiger partial charge in [-0.25, -0.2) is 0 Å². The first-order valence-corrected chi connectivity index (χ1v) is 7.42. The number of benzene rings is 1. The van der Waals surface area contributed by atoms with E-state index in [1.54, 1.807) is 0 Å². The van der Waals surface area contributed by atoms with E-state index < -0.39 is 0 Å². The molecule has 1 aromatic rings. The number of phenolic OH excluding ortho intramolecular Hbond substituents is 1. The Hall–Kier alpha value is -0.980. The Morgan fingerprint density at radius 2 is 1.94 bits per heavy atom. The minimum Gasteiger partial charge on any atom is -0.508 e. The minimum absolute atomic E-state index is 0.284. The fraction of sp³-hybridized carbons (Fsp3) is 0.647. The highest BCUT2D eigenvalue weighted by molar-refractivity contribution is 5.42. The first kappa shape index (κ1) is 15.1. The monoisotopic (exact) mass is 248 g/mol. The van der Waals surface area contributed by atoms with Crippen molar-refractivity contribution in [3.05, 3.63) is 29.3 Å². The summed E-state index contributed by atoms with van der Waals surface area (Å²) in [6, 6.07) is 5.93. The summed E-state index contributed by atoms with van der Waals surface area (Å²) in [5, 5.41) is 9.70. The molecule has 1 N–H and O–H groups in total. The van der Waals surface area contributed by atoms with Crippen LogP contribution in [0.4, 0.5) is 0 Å². The van der Waals surface area contributed by atoms with Crippen LogP contribution < -0.4 is 0 Å². The Labute approximate surface area is 112 Å². The summed E-state index contributed by atoms with van der Waals surface area (Å²) in [6.45, 7) is 10.9. The summed E-state index contributed by atoms with van der Waals surface area (Å²) in [5.41, 5.74) is 3.13. The Morgan fingerprint density at radius 1 is 1.28 bits per heavy atom. The number of fused-ring (bicyclic) bond motifs is 1. The molecule has 1 unspecified atom stereocenters. The van der Waals surface area contributed by atoms with E-state index in [2.05, 4.69) is 26.8 Å². The van der Waals surface area contributed by atoms with Crippen molar-refractivity contribution in [2.45, 2.75) is 65.7 Å². The van der Waals surface area contributed by atoms with Crippen LogP contribution in [0.2, 0.25) is 0 Å². The third-order valence-corrected chi connectivity index (χ3v) is 4.43. The van der Waals surface area contributed by atoms with Crippen molar-refractivity contribution < 1.29 is 5.11 Å². The molecule has 0 aromatic heterocycles. The van der Waals surface area contributed by atoms with Crippen LogP contribution in [0.25, 0.3) is 0 Å². The summed E-state index contributed by atoms with van der Waals surface area (Å²) in [6.07, 6.45) is 4.88. The van der Waals surface area contributed by atoms with Crippen molar-refractivity contribution in [1.29, 1.82) is 0 Å². The van der Waals surface area contributed by atoms with Crippen LogP contribution in [0.3, 0.4) is 0 Å². The zero-order valence-electron chi connectivity index (χ0n) is 12.6. The van der Waals surface area contributed by atoms with Crippen LogP contribution in [0.15, 0.2) is 18.2 Å². The van der Waals surface area contributed by atoms with Crippen LogP contribution in [0, 0.1) is 5.92 Å². The van der Waals surface area contributed by atoms with Crippen molar-refractivity contribution in [1.82, 2.24) is 0 Å². The first-order chi connectivity index (χ1) is 8.60. The molecule has 2 rings (SSSR count). The molecule has 0 amide bonds. The third-order valence-electron chi connectivity index (χ3n) is 4.43. The average molecular weight is 248 g/mol. The molecule has 18 heavy (non-hydrogen) atoms. The van der Waals surface area contributed by atoms with Gasteiger partial charge in [0.15, 0.2) is 0 Å². The van der Waals surface area contributed by atoms with E-state index in [1.165, 1.54) is 36.8 Å². The van der Waals surface area contributed by atoms with Gasteiger partial charge in [-0.3, -0.25) is 0 Å². The molecule has 0 saturated heterocycles. The SMILES string of the molecule is CC.CCC1(C(C)C)CCCc2ccc(O)cc21. The van der Waals surface area contributed by atoms with Crippen molar-refractivity contribution in [3.8, 4) is 5.75 Å². The third kappa shape index (κ3) is 2.55. The van der Waals surface area contributed by atoms with Crippen LogP contribution in [-0.2, 0) is 11.8 Å². The Kier molecular flexibility index (Phi) is 5.25. The second-order valence-electron chi connectivity index (χ2n) is 5.36. The summed E-state index contributed by atoms with van der Waals surface area (Å²) in [5.74, 6) is 1.05. The van der Waals surface area contributed by atoms with Gasteiger partial charge in [0.25, 0.3) is 0 Å². The molecule has 1 aliphatic rings. The molecule has 1 aliphatic carbocycles. The van der Waals surface area contributed by atoms with Gasteiger partial charge in [0.2, 0.25) is 0 Å². The Bertz CT molecular complexity index is 381. The molecular formula is C17H28O. The highest BCUT2D eigenvalue weighted by Crippen LogP contribution is 2.46. The van der Waals surface area contributed by atoms with Gasteiger partial charge in [0.05, 0.1) is 0 Å². The number of rotatable bonds is 2. The van der Waals surface area contributed by atoms with Crippen LogP contribution in [-0.4, -0.2) is 5.11 Å². The quantitative estimate of drug-likeness (QED) is 0.775. The van der Waals surface area contributed by atoms with Crippen molar-refractivity contribution in [2.75, 3.05) is 0 Å². The highest BCUT2D eigenvalue weighted by Gasteiger charge is 2.37. The van der Waals surface area contributed by atoms with Gasteiger partial charge in [-0.1, -0.05) is 40.7 Å². The molecule has 0 heterocycles. The van der Waals surface area contributed by atoms with Gasteiger partial charge in [-0.2, -0.15) is 0 Å². The maximum atomic E-state index is 9.70. The van der Waals surface area contributed by atoms with E-state index in [-0.39, 0.29) is 5.41 Å². The number of hydrogen-bond acceptors (Lipinski definition) is 1. The smallest absolute Gasteiger partial charge is 0.115 e. The molecule has 1 atom stereocenters. The van der Waals surface area contributed by atoms with Crippen molar-refractivity contribution in [3.63, 3.8) is 0 Å². The zero-order chi connectivity index (χ0) is 13.8. The van der Waals surface area contributed by atoms with Crippen LogP contribution >= 0.6 is 0 Å². The second kappa shape index (κ2) is 6.26. The minimum atomic E-state index is 0.284. The van der Waals surface area contributed by atoms with E-state index in [9.17, 15) is 5.11 Å². The summed E-state index contributed by atoms with van der Waals surface area (Å²) in [4.78, 5) is 0. The molecule has 0 radical (unpaired) electrons. The predicted molar refractivity (Wildman–Crippen MR) is 79.2 cm³/mol. The number of aromatic hydroxyl groups is 1. The van der Waals surface area contributed by atoms with Crippen molar-refractivity contribution in [2.24, 2.45) is 5.92 Å². The number of aryl methyl sites for hydroxylation is 1. The van der Waals surface area contributed by atoms with Gasteiger partial charge in [-0.15, -0.1) is 0 Å². The number of hydrogen-bond donors (Lipinski definition) is 1. The molecule has 0 aliphatic heterocycles. The van der Waals surface area contributed by atoms with E-state index in [1.807, 2.05) is 26.0 Å². The van der Waals surface area contributed by atoms with E-state index >= 15 is 0 Å². The standard InChI is InChI=1S/C15H22O.C2H6/c1-4-15(11(2)3)9-5-6-12-7-8-13(16)10-14(12)15;1-2/h7-8,10-11,16H,4-6,9H2,1-3H3;1-2H3. The lowest BCUT2D eigenvalue weighted by Crippen LogP contribution is -2.35. The van der Waals surface area contributed by atoms with E-state index in [0.717, 1.165) is 0 Å². The fourth-order valence-corrected chi connectivity index (χ4v) is 3.35. The van der Waals surface area contributed by atoms with Gasteiger partial charge in [-0.05, 0) is 60.3 Å². The highest BCUT2D eigenvalue weighted by atomic mass is 16.3. The summed E-state index contributed by atoms with van der Waals surface area (Å²) in [7, 11) is 0. The second-order valence-corrected chi connectivity index (χ2v) is 5.36.